The summed E-state index contributed by atoms with van der Waals surface area (Å²) in [5.41, 5.74) is 2.94. The lowest BCUT2D eigenvalue weighted by atomic mass is 9.96. The lowest BCUT2D eigenvalue weighted by Gasteiger charge is -2.09. The number of nitriles is 1. The fourth-order valence-corrected chi connectivity index (χ4v) is 4.45. The van der Waals surface area contributed by atoms with Crippen molar-refractivity contribution in [3.8, 4) is 11.8 Å². The third-order valence-electron chi connectivity index (χ3n) is 3.91. The molecule has 1 aromatic heterocycles. The maximum absolute atomic E-state index is 9.47. The second-order valence-corrected chi connectivity index (χ2v) is 7.49. The van der Waals surface area contributed by atoms with Crippen LogP contribution in [-0.2, 0) is 12.8 Å². The summed E-state index contributed by atoms with van der Waals surface area (Å²) in [6.45, 7) is 4.11. The van der Waals surface area contributed by atoms with Crippen molar-refractivity contribution in [2.45, 2.75) is 25.7 Å². The number of nitrogens with zero attached hydrogens (tertiary/aromatic N) is 2. The van der Waals surface area contributed by atoms with E-state index < -0.39 is 0 Å². The molecule has 1 heterocycles. The topological polar surface area (TPSA) is 45.4 Å². The van der Waals surface area contributed by atoms with Gasteiger partial charge >= 0.3 is 0 Å². The first-order valence-corrected chi connectivity index (χ1v) is 9.46. The van der Waals surface area contributed by atoms with E-state index in [1.807, 2.05) is 18.2 Å². The number of fused-ring (bicyclic) bond motifs is 1. The fraction of sp³-hybridized carbons (Fsp3) is 0.263. The van der Waals surface area contributed by atoms with E-state index in [-0.39, 0.29) is 0 Å². The SMILES string of the molecule is C=CCOc1ccc(/C=N/c2sc3c(c2C#N)CCCC3)cc1Br. The number of halogens is 1. The minimum absolute atomic E-state index is 0.471. The Kier molecular flexibility index (Phi) is 5.49. The predicted molar refractivity (Wildman–Crippen MR) is 103 cm³/mol. The Hall–Kier alpha value is -1.90. The number of hydrogen-bond donors (Lipinski definition) is 0. The molecule has 1 aliphatic rings. The number of aryl methyl sites for hydroxylation is 1. The lowest BCUT2D eigenvalue weighted by Crippen LogP contribution is -1.99. The first-order valence-electron chi connectivity index (χ1n) is 7.85. The normalized spacial score (nSPS) is 13.5. The molecule has 5 heteroatoms. The molecule has 24 heavy (non-hydrogen) atoms. The van der Waals surface area contributed by atoms with Gasteiger partial charge in [-0.15, -0.1) is 11.3 Å². The molecular formula is C19H17BrN2OS. The van der Waals surface area contributed by atoms with Crippen molar-refractivity contribution in [2.75, 3.05) is 6.61 Å². The van der Waals surface area contributed by atoms with Crippen LogP contribution in [0.4, 0.5) is 5.00 Å². The summed E-state index contributed by atoms with van der Waals surface area (Å²) >= 11 is 5.16. The standard InChI is InChI=1S/C19H17BrN2OS/c1-2-9-23-17-8-7-13(10-16(17)20)12-22-19-15(11-21)14-5-3-4-6-18(14)24-19/h2,7-8,10,12H,1,3-6,9H2/b22-12+. The van der Waals surface area contributed by atoms with Gasteiger partial charge < -0.3 is 4.74 Å². The summed E-state index contributed by atoms with van der Waals surface area (Å²) in [5, 5.41) is 10.3. The van der Waals surface area contributed by atoms with Gasteiger partial charge in [0.1, 0.15) is 23.4 Å². The van der Waals surface area contributed by atoms with Gasteiger partial charge in [-0.1, -0.05) is 12.7 Å². The summed E-state index contributed by atoms with van der Waals surface area (Å²) in [7, 11) is 0. The molecule has 0 saturated heterocycles. The van der Waals surface area contributed by atoms with Gasteiger partial charge in [-0.25, -0.2) is 4.99 Å². The van der Waals surface area contributed by atoms with Gasteiger partial charge in [0.2, 0.25) is 0 Å². The highest BCUT2D eigenvalue weighted by atomic mass is 79.9. The van der Waals surface area contributed by atoms with E-state index >= 15 is 0 Å². The van der Waals surface area contributed by atoms with Gasteiger partial charge in [0.05, 0.1) is 10.0 Å². The van der Waals surface area contributed by atoms with Crippen LogP contribution in [0, 0.1) is 11.3 Å². The first kappa shape index (κ1) is 16.9. The van der Waals surface area contributed by atoms with Crippen molar-refractivity contribution in [2.24, 2.45) is 4.99 Å². The Morgan fingerprint density at radius 1 is 1.38 bits per heavy atom. The molecule has 0 spiro atoms. The Morgan fingerprint density at radius 3 is 2.96 bits per heavy atom. The molecule has 0 atom stereocenters. The third kappa shape index (κ3) is 3.61. The molecule has 0 radical (unpaired) electrons. The smallest absolute Gasteiger partial charge is 0.134 e. The molecule has 3 rings (SSSR count). The van der Waals surface area contributed by atoms with Crippen molar-refractivity contribution in [1.82, 2.24) is 0 Å². The molecule has 0 bridgehead atoms. The van der Waals surface area contributed by atoms with Crippen molar-refractivity contribution < 1.29 is 4.74 Å². The lowest BCUT2D eigenvalue weighted by molar-refractivity contribution is 0.361. The molecule has 0 N–H and O–H groups in total. The summed E-state index contributed by atoms with van der Waals surface area (Å²) in [4.78, 5) is 5.91. The summed E-state index contributed by atoms with van der Waals surface area (Å²) < 4.78 is 6.42. The predicted octanol–water partition coefficient (Wildman–Crippen LogP) is 5.58. The van der Waals surface area contributed by atoms with Gasteiger partial charge in [-0.05, 0) is 70.9 Å². The van der Waals surface area contributed by atoms with E-state index in [0.29, 0.717) is 6.61 Å². The summed E-state index contributed by atoms with van der Waals surface area (Å²) in [6, 6.07) is 8.15. The van der Waals surface area contributed by atoms with E-state index in [1.165, 1.54) is 23.3 Å². The zero-order valence-electron chi connectivity index (χ0n) is 13.2. The minimum atomic E-state index is 0.471. The van der Waals surface area contributed by atoms with Crippen LogP contribution in [0.3, 0.4) is 0 Å². The number of benzene rings is 1. The largest absolute Gasteiger partial charge is 0.488 e. The van der Waals surface area contributed by atoms with Crippen molar-refractivity contribution >= 4 is 38.5 Å². The Balaban J connectivity index is 1.84. The molecule has 0 saturated carbocycles. The molecule has 122 valence electrons. The van der Waals surface area contributed by atoms with E-state index in [0.717, 1.165) is 39.2 Å². The van der Waals surface area contributed by atoms with E-state index in [9.17, 15) is 5.26 Å². The molecule has 1 aliphatic carbocycles. The van der Waals surface area contributed by atoms with Gasteiger partial charge in [-0.3, -0.25) is 0 Å². The Labute approximate surface area is 154 Å². The monoisotopic (exact) mass is 400 g/mol. The molecule has 3 nitrogen and oxygen atoms in total. The molecule has 0 aliphatic heterocycles. The van der Waals surface area contributed by atoms with Gasteiger partial charge in [0, 0.05) is 11.1 Å². The second-order valence-electron chi connectivity index (χ2n) is 5.55. The van der Waals surface area contributed by atoms with Crippen LogP contribution in [0.15, 0.2) is 40.3 Å². The first-order chi connectivity index (χ1) is 11.7. The molecule has 1 aromatic carbocycles. The Bertz CT molecular complexity index is 833. The zero-order valence-corrected chi connectivity index (χ0v) is 15.6. The van der Waals surface area contributed by atoms with Gasteiger partial charge in [0.15, 0.2) is 0 Å². The van der Waals surface area contributed by atoms with Crippen LogP contribution >= 0.6 is 27.3 Å². The van der Waals surface area contributed by atoms with Crippen LogP contribution in [-0.4, -0.2) is 12.8 Å². The highest BCUT2D eigenvalue weighted by Gasteiger charge is 2.20. The van der Waals surface area contributed by atoms with Crippen LogP contribution in [0.5, 0.6) is 5.75 Å². The number of ether oxygens (including phenoxy) is 1. The molecule has 0 unspecified atom stereocenters. The molecule has 0 amide bonds. The summed E-state index contributed by atoms with van der Waals surface area (Å²) in [6.07, 6.45) is 7.97. The third-order valence-corrected chi connectivity index (χ3v) is 5.73. The quantitative estimate of drug-likeness (QED) is 0.485. The number of aliphatic imine (C=N–C) groups is 1. The van der Waals surface area contributed by atoms with Crippen molar-refractivity contribution in [3.63, 3.8) is 0 Å². The van der Waals surface area contributed by atoms with E-state index in [1.54, 1.807) is 23.6 Å². The van der Waals surface area contributed by atoms with E-state index in [4.69, 9.17) is 4.74 Å². The maximum atomic E-state index is 9.47. The highest BCUT2D eigenvalue weighted by molar-refractivity contribution is 9.10. The van der Waals surface area contributed by atoms with Crippen LogP contribution in [0.25, 0.3) is 0 Å². The molecule has 2 aromatic rings. The average molecular weight is 401 g/mol. The van der Waals surface area contributed by atoms with E-state index in [2.05, 4.69) is 33.6 Å². The average Bonchev–Trinajstić information content (AvgIpc) is 2.96. The van der Waals surface area contributed by atoms with Crippen LogP contribution < -0.4 is 4.74 Å². The maximum Gasteiger partial charge on any atom is 0.134 e. The number of rotatable bonds is 5. The number of thiophene rings is 1. The second kappa shape index (κ2) is 7.78. The van der Waals surface area contributed by atoms with Crippen molar-refractivity contribution in [1.29, 1.82) is 5.26 Å². The minimum Gasteiger partial charge on any atom is -0.488 e. The summed E-state index contributed by atoms with van der Waals surface area (Å²) in [5.74, 6) is 0.774. The van der Waals surface area contributed by atoms with Crippen LogP contribution in [0.1, 0.15) is 34.4 Å². The van der Waals surface area contributed by atoms with Crippen LogP contribution in [0.2, 0.25) is 0 Å². The fourth-order valence-electron chi connectivity index (χ4n) is 2.75. The Morgan fingerprint density at radius 2 is 2.21 bits per heavy atom. The zero-order chi connectivity index (χ0) is 16.9. The van der Waals surface area contributed by atoms with Crippen molar-refractivity contribution in [3.05, 3.63) is 56.9 Å². The highest BCUT2D eigenvalue weighted by Crippen LogP contribution is 2.39. The van der Waals surface area contributed by atoms with Gasteiger partial charge in [-0.2, -0.15) is 5.26 Å². The van der Waals surface area contributed by atoms with Gasteiger partial charge in [0.25, 0.3) is 0 Å². The molecule has 0 fully saturated rings. The molecular weight excluding hydrogens is 384 g/mol. The number of hydrogen-bond acceptors (Lipinski definition) is 4.